The van der Waals surface area contributed by atoms with E-state index in [0.29, 0.717) is 50.9 Å². The number of alkyl halides is 6. The highest BCUT2D eigenvalue weighted by atomic mass is 19.4. The molecule has 0 aliphatic carbocycles. The topological polar surface area (TPSA) is 53.0 Å². The average Bonchev–Trinajstić information content (AvgIpc) is 3.31. The first-order chi connectivity index (χ1) is 19.1. The zero-order valence-electron chi connectivity index (χ0n) is 22.5. The van der Waals surface area contributed by atoms with Crippen molar-refractivity contribution in [3.8, 4) is 0 Å². The Bertz CT molecular complexity index is 1140. The van der Waals surface area contributed by atoms with Gasteiger partial charge in [0.25, 0.3) is 0 Å². The highest BCUT2D eigenvalue weighted by Gasteiger charge is 2.44. The number of rotatable bonds is 4. The van der Waals surface area contributed by atoms with Gasteiger partial charge in [-0.25, -0.2) is 4.39 Å². The van der Waals surface area contributed by atoms with Crippen molar-refractivity contribution < 1.29 is 45.4 Å². The number of amides is 1. The van der Waals surface area contributed by atoms with Gasteiger partial charge in [0.05, 0.1) is 29.4 Å². The number of piperidine rings is 2. The van der Waals surface area contributed by atoms with Gasteiger partial charge in [0.2, 0.25) is 5.91 Å². The van der Waals surface area contributed by atoms with Gasteiger partial charge in [-0.3, -0.25) is 9.69 Å². The number of halogens is 7. The fourth-order valence-electron chi connectivity index (χ4n) is 5.62. The van der Waals surface area contributed by atoms with Crippen molar-refractivity contribution in [3.05, 3.63) is 71.0 Å². The van der Waals surface area contributed by atoms with Crippen LogP contribution in [0.2, 0.25) is 0 Å². The minimum atomic E-state index is -4.91. The summed E-state index contributed by atoms with van der Waals surface area (Å²) in [6.45, 7) is 3.08. The molecule has 3 saturated heterocycles. The molecule has 5 rings (SSSR count). The van der Waals surface area contributed by atoms with E-state index in [-0.39, 0.29) is 42.0 Å². The van der Waals surface area contributed by atoms with Gasteiger partial charge in [-0.1, -0.05) is 18.2 Å². The molecule has 1 N–H and O–H groups in total. The summed E-state index contributed by atoms with van der Waals surface area (Å²) >= 11 is 0. The van der Waals surface area contributed by atoms with E-state index >= 15 is 0 Å². The van der Waals surface area contributed by atoms with Crippen LogP contribution in [0.5, 0.6) is 0 Å². The number of carbonyl (C=O) groups excluding carboxylic acids is 1. The van der Waals surface area contributed by atoms with Crippen molar-refractivity contribution in [3.63, 3.8) is 0 Å². The second kappa shape index (κ2) is 12.3. The molecule has 3 aliphatic heterocycles. The molecule has 5 nitrogen and oxygen atoms in total. The number of nitrogens with zero attached hydrogens (tertiary/aromatic N) is 2. The number of hydrogen-bond acceptors (Lipinski definition) is 4. The van der Waals surface area contributed by atoms with Crippen LogP contribution in [-0.4, -0.2) is 64.2 Å². The van der Waals surface area contributed by atoms with Crippen molar-refractivity contribution in [2.75, 3.05) is 19.6 Å². The molecule has 1 amide bonds. The van der Waals surface area contributed by atoms with Crippen LogP contribution in [0, 0.1) is 5.82 Å². The second-order valence-electron chi connectivity index (χ2n) is 11.2. The highest BCUT2D eigenvalue weighted by molar-refractivity contribution is 5.78. The van der Waals surface area contributed by atoms with Crippen molar-refractivity contribution in [2.24, 2.45) is 0 Å². The molecule has 0 bridgehead atoms. The summed E-state index contributed by atoms with van der Waals surface area (Å²) in [4.78, 5) is 16.7. The van der Waals surface area contributed by atoms with E-state index in [1.165, 1.54) is 12.1 Å². The summed E-state index contributed by atoms with van der Waals surface area (Å²) in [5, 5.41) is 10.2. The van der Waals surface area contributed by atoms with Crippen molar-refractivity contribution in [1.82, 2.24) is 9.80 Å². The van der Waals surface area contributed by atoms with E-state index in [1.807, 2.05) is 0 Å². The molecule has 2 aromatic carbocycles. The molecule has 0 spiro atoms. The molecule has 3 unspecified atom stereocenters. The lowest BCUT2D eigenvalue weighted by atomic mass is 9.89. The minimum absolute atomic E-state index is 0.0249. The third kappa shape index (κ3) is 8.42. The third-order valence-electron chi connectivity index (χ3n) is 7.91. The number of fused-ring (bicyclic) bond motifs is 1. The largest absolute Gasteiger partial charge is 0.416 e. The van der Waals surface area contributed by atoms with Crippen LogP contribution in [0.15, 0.2) is 48.5 Å². The zero-order chi connectivity index (χ0) is 30.0. The lowest BCUT2D eigenvalue weighted by molar-refractivity contribution is -0.143. The average molecular weight is 591 g/mol. The van der Waals surface area contributed by atoms with E-state index in [4.69, 9.17) is 4.74 Å². The first-order valence-corrected chi connectivity index (χ1v) is 13.5. The second-order valence-corrected chi connectivity index (χ2v) is 11.2. The quantitative estimate of drug-likeness (QED) is 0.441. The lowest BCUT2D eigenvalue weighted by Crippen LogP contribution is -2.54. The molecular formula is C29H33F7N2O3. The standard InChI is InChI=1S/C23H28F6N2O3.C6H5F/c1-21(33)2-4-30(5-3-21)17-9-18-10-19(12-31(18)20(32)11-17)34-13-14-6-15(22(24,25)26)8-16(7-14)23(27,28)29;7-6-4-2-1-3-5-6/h6-8,17-19,33H,2-5,9-13H2,1H3;1-5H. The molecule has 0 aromatic heterocycles. The minimum Gasteiger partial charge on any atom is -0.390 e. The van der Waals surface area contributed by atoms with E-state index in [2.05, 4.69) is 4.90 Å². The van der Waals surface area contributed by atoms with Crippen LogP contribution in [0.4, 0.5) is 30.7 Å². The van der Waals surface area contributed by atoms with Crippen molar-refractivity contribution in [2.45, 2.75) is 81.8 Å². The molecule has 41 heavy (non-hydrogen) atoms. The summed E-state index contributed by atoms with van der Waals surface area (Å²) in [5.41, 5.74) is -3.65. The van der Waals surface area contributed by atoms with Crippen LogP contribution in [-0.2, 0) is 28.5 Å². The van der Waals surface area contributed by atoms with Crippen LogP contribution >= 0.6 is 0 Å². The Kier molecular flexibility index (Phi) is 9.35. The summed E-state index contributed by atoms with van der Waals surface area (Å²) in [6.07, 6.45) is -7.44. The number of hydrogen-bond donors (Lipinski definition) is 1. The number of likely N-dealkylation sites (tertiary alicyclic amines) is 1. The van der Waals surface area contributed by atoms with Gasteiger partial charge in [0.1, 0.15) is 5.82 Å². The van der Waals surface area contributed by atoms with E-state index in [0.717, 1.165) is 6.42 Å². The Hall–Kier alpha value is -2.70. The summed E-state index contributed by atoms with van der Waals surface area (Å²) in [6, 6.07) is 9.35. The van der Waals surface area contributed by atoms with Gasteiger partial charge in [-0.15, -0.1) is 0 Å². The molecule has 12 heteroatoms. The number of ether oxygens (including phenoxy) is 1. The SMILES string of the molecule is CC1(O)CCN(C2CC(=O)N3CC(OCc4cc(C(F)(F)F)cc(C(F)(F)F)c4)CC3C2)CC1.Fc1ccccc1. The predicted molar refractivity (Wildman–Crippen MR) is 136 cm³/mol. The summed E-state index contributed by atoms with van der Waals surface area (Å²) in [7, 11) is 0. The molecular weight excluding hydrogens is 557 g/mol. The van der Waals surface area contributed by atoms with Gasteiger partial charge < -0.3 is 14.7 Å². The summed E-state index contributed by atoms with van der Waals surface area (Å²) < 4.78 is 96.1. The third-order valence-corrected chi connectivity index (χ3v) is 7.91. The molecule has 2 aromatic rings. The van der Waals surface area contributed by atoms with E-state index in [1.54, 1.807) is 30.0 Å². The monoisotopic (exact) mass is 590 g/mol. The lowest BCUT2D eigenvalue weighted by Gasteiger charge is -2.44. The predicted octanol–water partition coefficient (Wildman–Crippen LogP) is 6.05. The summed E-state index contributed by atoms with van der Waals surface area (Å²) in [5.74, 6) is -0.203. The van der Waals surface area contributed by atoms with E-state index in [9.17, 15) is 40.6 Å². The van der Waals surface area contributed by atoms with Crippen LogP contribution in [0.1, 0.15) is 55.7 Å². The maximum atomic E-state index is 13.1. The first kappa shape index (κ1) is 31.2. The number of benzene rings is 2. The van der Waals surface area contributed by atoms with Gasteiger partial charge in [0.15, 0.2) is 0 Å². The van der Waals surface area contributed by atoms with Crippen molar-refractivity contribution in [1.29, 1.82) is 0 Å². The maximum Gasteiger partial charge on any atom is 0.416 e. The molecule has 226 valence electrons. The van der Waals surface area contributed by atoms with Crippen LogP contribution < -0.4 is 0 Å². The molecule has 3 fully saturated rings. The van der Waals surface area contributed by atoms with Crippen LogP contribution in [0.25, 0.3) is 0 Å². The fourth-order valence-corrected chi connectivity index (χ4v) is 5.62. The molecule has 0 radical (unpaired) electrons. The smallest absolute Gasteiger partial charge is 0.390 e. The first-order valence-electron chi connectivity index (χ1n) is 13.5. The van der Waals surface area contributed by atoms with Gasteiger partial charge >= 0.3 is 12.4 Å². The highest BCUT2D eigenvalue weighted by Crippen LogP contribution is 2.37. The Balaban J connectivity index is 0.000000483. The fraction of sp³-hybridized carbons (Fsp3) is 0.552. The Labute approximate surface area is 233 Å². The Morgan fingerprint density at radius 2 is 1.51 bits per heavy atom. The zero-order valence-corrected chi connectivity index (χ0v) is 22.5. The Morgan fingerprint density at radius 1 is 0.927 bits per heavy atom. The number of aliphatic hydroxyl groups is 1. The Morgan fingerprint density at radius 3 is 2.02 bits per heavy atom. The van der Waals surface area contributed by atoms with E-state index < -0.39 is 41.8 Å². The molecule has 0 saturated carbocycles. The number of carbonyl (C=O) groups is 1. The van der Waals surface area contributed by atoms with Gasteiger partial charge in [0, 0.05) is 38.1 Å². The molecule has 3 atom stereocenters. The van der Waals surface area contributed by atoms with Gasteiger partial charge in [-0.2, -0.15) is 26.3 Å². The molecule has 3 aliphatic rings. The normalized spacial score (nSPS) is 25.0. The van der Waals surface area contributed by atoms with Gasteiger partial charge in [-0.05, 0) is 68.5 Å². The molecule has 3 heterocycles. The maximum absolute atomic E-state index is 13.1. The van der Waals surface area contributed by atoms with Crippen LogP contribution in [0.3, 0.4) is 0 Å². The van der Waals surface area contributed by atoms with Crippen molar-refractivity contribution >= 4 is 5.91 Å².